The van der Waals surface area contributed by atoms with Crippen molar-refractivity contribution in [1.29, 1.82) is 0 Å². The summed E-state index contributed by atoms with van der Waals surface area (Å²) in [6.45, 7) is 1.83. The van der Waals surface area contributed by atoms with E-state index in [9.17, 15) is 5.21 Å². The summed E-state index contributed by atoms with van der Waals surface area (Å²) in [6, 6.07) is 14.2. The maximum absolute atomic E-state index is 11.2. The Kier molecular flexibility index (Phi) is 2.42. The third-order valence-corrected chi connectivity index (χ3v) is 2.64. The summed E-state index contributed by atoms with van der Waals surface area (Å²) >= 11 is 0. The minimum absolute atomic E-state index is 0.737. The lowest BCUT2D eigenvalue weighted by atomic mass is 10.0. The molecular formula is C13H13NO. The molecule has 0 N–H and O–H groups in total. The maximum Gasteiger partial charge on any atom is 0.191 e. The number of rotatable bonds is 1. The van der Waals surface area contributed by atoms with Crippen molar-refractivity contribution >= 4 is 16.5 Å². The molecule has 0 saturated carbocycles. The fraction of sp³-hybridized carbons (Fsp3) is 0.154. The first-order valence-electron chi connectivity index (χ1n) is 4.92. The Morgan fingerprint density at radius 2 is 1.73 bits per heavy atom. The third-order valence-electron chi connectivity index (χ3n) is 2.64. The SMILES string of the molecule is CC(c1ccc2ccccc2c1)=[N+](C)[O-]. The Morgan fingerprint density at radius 3 is 2.40 bits per heavy atom. The lowest BCUT2D eigenvalue weighted by Crippen LogP contribution is -2.08. The molecule has 2 rings (SSSR count). The molecule has 0 atom stereocenters. The van der Waals surface area contributed by atoms with Crippen molar-refractivity contribution in [3.63, 3.8) is 0 Å². The van der Waals surface area contributed by atoms with Gasteiger partial charge in [-0.2, -0.15) is 0 Å². The van der Waals surface area contributed by atoms with Crippen LogP contribution in [0.1, 0.15) is 12.5 Å². The van der Waals surface area contributed by atoms with Gasteiger partial charge in [-0.05, 0) is 22.9 Å². The quantitative estimate of drug-likeness (QED) is 0.300. The summed E-state index contributed by atoms with van der Waals surface area (Å²) in [6.07, 6.45) is 0. The van der Waals surface area contributed by atoms with E-state index in [-0.39, 0.29) is 0 Å². The summed E-state index contributed by atoms with van der Waals surface area (Å²) in [5.41, 5.74) is 1.71. The molecule has 0 fully saturated rings. The van der Waals surface area contributed by atoms with E-state index < -0.39 is 0 Å². The van der Waals surface area contributed by atoms with Crippen LogP contribution in [-0.2, 0) is 0 Å². The average molecular weight is 199 g/mol. The van der Waals surface area contributed by atoms with Crippen LogP contribution in [0.3, 0.4) is 0 Å². The van der Waals surface area contributed by atoms with Crippen LogP contribution in [0.4, 0.5) is 0 Å². The van der Waals surface area contributed by atoms with Gasteiger partial charge in [0.25, 0.3) is 0 Å². The topological polar surface area (TPSA) is 26.1 Å². The average Bonchev–Trinajstić information content (AvgIpc) is 2.27. The molecule has 2 nitrogen and oxygen atoms in total. The molecule has 0 bridgehead atoms. The molecular weight excluding hydrogens is 186 g/mol. The van der Waals surface area contributed by atoms with E-state index in [1.807, 2.05) is 37.3 Å². The van der Waals surface area contributed by atoms with Gasteiger partial charge >= 0.3 is 0 Å². The van der Waals surface area contributed by atoms with Crippen molar-refractivity contribution in [2.24, 2.45) is 0 Å². The van der Waals surface area contributed by atoms with Gasteiger partial charge in [-0.15, -0.1) is 0 Å². The molecule has 0 unspecified atom stereocenters. The highest BCUT2D eigenvalue weighted by Gasteiger charge is 2.04. The van der Waals surface area contributed by atoms with Gasteiger partial charge < -0.3 is 5.21 Å². The number of benzene rings is 2. The van der Waals surface area contributed by atoms with Crippen molar-refractivity contribution in [2.45, 2.75) is 6.92 Å². The zero-order valence-electron chi connectivity index (χ0n) is 8.90. The number of hydrogen-bond acceptors (Lipinski definition) is 1. The largest absolute Gasteiger partial charge is 0.624 e. The fourth-order valence-electron chi connectivity index (χ4n) is 1.60. The highest BCUT2D eigenvalue weighted by Crippen LogP contribution is 2.15. The Hall–Kier alpha value is -1.83. The van der Waals surface area contributed by atoms with Gasteiger partial charge in [0.2, 0.25) is 0 Å². The van der Waals surface area contributed by atoms with Crippen LogP contribution >= 0.6 is 0 Å². The predicted octanol–water partition coefficient (Wildman–Crippen LogP) is 2.79. The van der Waals surface area contributed by atoms with Crippen LogP contribution in [0.25, 0.3) is 10.8 Å². The lowest BCUT2D eigenvalue weighted by molar-refractivity contribution is -0.422. The van der Waals surface area contributed by atoms with Crippen LogP contribution in [0.15, 0.2) is 42.5 Å². The van der Waals surface area contributed by atoms with Crippen molar-refractivity contribution in [2.75, 3.05) is 7.05 Å². The van der Waals surface area contributed by atoms with Crippen LogP contribution in [0.2, 0.25) is 0 Å². The first kappa shape index (κ1) is 9.71. The van der Waals surface area contributed by atoms with E-state index in [0.29, 0.717) is 0 Å². The Labute approximate surface area is 89.1 Å². The predicted molar refractivity (Wildman–Crippen MR) is 63.3 cm³/mol. The van der Waals surface area contributed by atoms with Crippen molar-refractivity contribution in [3.8, 4) is 0 Å². The van der Waals surface area contributed by atoms with Crippen molar-refractivity contribution in [1.82, 2.24) is 0 Å². The van der Waals surface area contributed by atoms with Crippen molar-refractivity contribution in [3.05, 3.63) is 53.2 Å². The smallest absolute Gasteiger partial charge is 0.191 e. The minimum Gasteiger partial charge on any atom is -0.624 e. The van der Waals surface area contributed by atoms with Gasteiger partial charge in [0.1, 0.15) is 7.05 Å². The van der Waals surface area contributed by atoms with Crippen LogP contribution < -0.4 is 0 Å². The fourth-order valence-corrected chi connectivity index (χ4v) is 1.60. The van der Waals surface area contributed by atoms with Crippen LogP contribution in [0.5, 0.6) is 0 Å². The summed E-state index contributed by atoms with van der Waals surface area (Å²) in [5.74, 6) is 0. The zero-order chi connectivity index (χ0) is 10.8. The number of hydrogen-bond donors (Lipinski definition) is 0. The highest BCUT2D eigenvalue weighted by atomic mass is 16.5. The number of fused-ring (bicyclic) bond motifs is 1. The lowest BCUT2D eigenvalue weighted by Gasteiger charge is -2.04. The summed E-state index contributed by atoms with van der Waals surface area (Å²) in [4.78, 5) is 0. The summed E-state index contributed by atoms with van der Waals surface area (Å²) in [7, 11) is 1.52. The van der Waals surface area contributed by atoms with E-state index >= 15 is 0 Å². The molecule has 76 valence electrons. The molecule has 0 aliphatic rings. The highest BCUT2D eigenvalue weighted by molar-refractivity contribution is 5.99. The van der Waals surface area contributed by atoms with Gasteiger partial charge in [0.05, 0.1) is 0 Å². The summed E-state index contributed by atoms with van der Waals surface area (Å²) in [5, 5.41) is 13.5. The van der Waals surface area contributed by atoms with Gasteiger partial charge in [-0.1, -0.05) is 30.3 Å². The molecule has 0 amide bonds. The summed E-state index contributed by atoms with van der Waals surface area (Å²) < 4.78 is 0.893. The molecule has 0 radical (unpaired) electrons. The minimum atomic E-state index is 0.737. The van der Waals surface area contributed by atoms with E-state index in [4.69, 9.17) is 0 Å². The Bertz CT molecular complexity index is 525. The van der Waals surface area contributed by atoms with Crippen LogP contribution in [0, 0.1) is 5.21 Å². The van der Waals surface area contributed by atoms with Gasteiger partial charge in [-0.25, -0.2) is 4.74 Å². The Morgan fingerprint density at radius 1 is 1.07 bits per heavy atom. The normalized spacial score (nSPS) is 12.7. The number of hydroxylamine groups is 1. The molecule has 0 saturated heterocycles. The van der Waals surface area contributed by atoms with E-state index in [1.54, 1.807) is 0 Å². The van der Waals surface area contributed by atoms with Gasteiger partial charge in [0.15, 0.2) is 5.71 Å². The molecule has 0 aromatic heterocycles. The maximum atomic E-state index is 11.2. The molecule has 2 heteroatoms. The second kappa shape index (κ2) is 3.73. The molecule has 2 aromatic carbocycles. The zero-order valence-corrected chi connectivity index (χ0v) is 8.90. The van der Waals surface area contributed by atoms with Crippen molar-refractivity contribution < 1.29 is 4.74 Å². The molecule has 0 aliphatic heterocycles. The molecule has 0 heterocycles. The monoisotopic (exact) mass is 199 g/mol. The number of nitrogens with zero attached hydrogens (tertiary/aromatic N) is 1. The molecule has 2 aromatic rings. The second-order valence-corrected chi connectivity index (χ2v) is 3.64. The molecule has 0 spiro atoms. The van der Waals surface area contributed by atoms with E-state index in [0.717, 1.165) is 21.4 Å². The van der Waals surface area contributed by atoms with E-state index in [2.05, 4.69) is 12.1 Å². The standard InChI is InChI=1S/C13H13NO/c1-10(14(2)15)12-8-7-11-5-3-4-6-13(11)9-12/h3-9H,1-2H3. The first-order valence-corrected chi connectivity index (χ1v) is 4.92. The van der Waals surface area contributed by atoms with E-state index in [1.165, 1.54) is 12.4 Å². The first-order chi connectivity index (χ1) is 7.18. The van der Waals surface area contributed by atoms with Crippen LogP contribution in [-0.4, -0.2) is 17.5 Å². The molecule has 15 heavy (non-hydrogen) atoms. The Balaban J connectivity index is 2.62. The van der Waals surface area contributed by atoms with Gasteiger partial charge in [-0.3, -0.25) is 0 Å². The third kappa shape index (κ3) is 1.84. The van der Waals surface area contributed by atoms with Gasteiger partial charge in [0, 0.05) is 12.5 Å². The second-order valence-electron chi connectivity index (χ2n) is 3.64. The molecule has 0 aliphatic carbocycles.